The molecule has 0 aliphatic carbocycles. The van der Waals surface area contributed by atoms with Crippen molar-refractivity contribution >= 4 is 82.6 Å². The van der Waals surface area contributed by atoms with Gasteiger partial charge in [-0.25, -0.2) is 0 Å². The summed E-state index contributed by atoms with van der Waals surface area (Å²) in [6, 6.07) is -9.92. The fourth-order valence-corrected chi connectivity index (χ4v) is 15.0. The lowest BCUT2D eigenvalue weighted by Gasteiger charge is -2.26. The maximum Gasteiger partial charge on any atom is 0.245 e. The van der Waals surface area contributed by atoms with E-state index in [0.717, 1.165) is 109 Å². The standard InChI is InChI=1S/C85H165N17O12S2/c1-4-7-10-12-14-16-18-20-22-24-26-28-30-32-34-42-56-93-75(104)62-76(105)102-85(114)74(101-83(112)71(98-80(109)69(92)49-37-41-54-87)52-38-44-58-94-77(106)66(89)47-9-6-3)65-116-61-60-115-64-73(84(113)99-72(63-103)81(110)96-57-43-35-33-31-29-27-25-23-21-19-17-15-13-11-8-5-2)100-82(111)70(97-79(108)68(91)48-36-40-53-86)51-39-45-59-95-78(107)67(90)50-46-55-88/h20-23,66-74,76,103,105H,4-19,24-65,86-92H2,1-3H3,(H,93,104)(H,94,106)(H,95,107)(H,96,110)(H,97,108)(H,98,109)(H,99,113)(H,100,111)(H,101,112)(H,102,114)/b22-20+,23-21+. The summed E-state index contributed by atoms with van der Waals surface area (Å²) in [4.78, 5) is 137. The number of nitrogens with one attached hydrogen (secondary N) is 10. The fourth-order valence-electron chi connectivity index (χ4n) is 12.8. The lowest BCUT2D eigenvalue weighted by atomic mass is 10.1. The van der Waals surface area contributed by atoms with Gasteiger partial charge in [0.15, 0.2) is 0 Å². The van der Waals surface area contributed by atoms with Crippen molar-refractivity contribution in [3.8, 4) is 0 Å². The molecule has 0 saturated heterocycles. The predicted octanol–water partition coefficient (Wildman–Crippen LogP) is 7.07. The molecule has 0 aromatic carbocycles. The highest BCUT2D eigenvalue weighted by molar-refractivity contribution is 8.03. The van der Waals surface area contributed by atoms with E-state index in [1.165, 1.54) is 101 Å². The van der Waals surface area contributed by atoms with E-state index >= 15 is 0 Å². The van der Waals surface area contributed by atoms with Crippen LogP contribution in [0.4, 0.5) is 0 Å². The molecule has 10 amide bonds. The maximum atomic E-state index is 14.6. The molecule has 0 aromatic rings. The molecule has 10 atom stereocenters. The Kier molecular flexibility index (Phi) is 74.4. The third-order valence-electron chi connectivity index (χ3n) is 20.3. The number of nitrogens with two attached hydrogens (primary N) is 7. The Balaban J connectivity index is 6.74. The van der Waals surface area contributed by atoms with Crippen LogP contribution in [0.25, 0.3) is 0 Å². The molecule has 674 valence electrons. The van der Waals surface area contributed by atoms with E-state index in [1.54, 1.807) is 0 Å². The number of unbranched alkanes of at least 4 members (excludes halogenated alkanes) is 29. The van der Waals surface area contributed by atoms with Crippen LogP contribution in [0.1, 0.15) is 316 Å². The molecule has 0 fully saturated rings. The summed E-state index contributed by atoms with van der Waals surface area (Å²) in [7, 11) is 0. The number of carbonyl (C=O) groups excluding carboxylic acids is 10. The first-order valence-corrected chi connectivity index (χ1v) is 47.2. The van der Waals surface area contributed by atoms with E-state index < -0.39 is 121 Å². The zero-order valence-electron chi connectivity index (χ0n) is 71.9. The average Bonchev–Trinajstić information content (AvgIpc) is 0.873. The van der Waals surface area contributed by atoms with Gasteiger partial charge in [0.1, 0.15) is 36.4 Å². The van der Waals surface area contributed by atoms with Gasteiger partial charge in [0.2, 0.25) is 59.1 Å². The third-order valence-corrected chi connectivity index (χ3v) is 22.7. The largest absolute Gasteiger partial charge is 0.394 e. The quantitative estimate of drug-likeness (QED) is 0.0164. The van der Waals surface area contributed by atoms with Gasteiger partial charge in [-0.1, -0.05) is 186 Å². The second kappa shape index (κ2) is 78.1. The van der Waals surface area contributed by atoms with Gasteiger partial charge in [-0.3, -0.25) is 47.9 Å². The number of allylic oxidation sites excluding steroid dienone is 4. The highest BCUT2D eigenvalue weighted by Crippen LogP contribution is 2.17. The molecular weight excluding hydrogens is 1520 g/mol. The van der Waals surface area contributed by atoms with Crippen LogP contribution in [0.5, 0.6) is 0 Å². The van der Waals surface area contributed by atoms with E-state index in [1.807, 2.05) is 6.92 Å². The molecule has 0 aliphatic rings. The minimum absolute atomic E-state index is 0.0663. The number of aliphatic hydroxyl groups excluding tert-OH is 2. The smallest absolute Gasteiger partial charge is 0.245 e. The number of carbonyl (C=O) groups is 10. The van der Waals surface area contributed by atoms with Crippen molar-refractivity contribution in [2.24, 2.45) is 40.1 Å². The van der Waals surface area contributed by atoms with Gasteiger partial charge in [0.25, 0.3) is 0 Å². The van der Waals surface area contributed by atoms with Crippen molar-refractivity contribution in [1.82, 2.24) is 53.2 Å². The second-order valence-corrected chi connectivity index (χ2v) is 33.3. The zero-order chi connectivity index (χ0) is 85.9. The monoisotopic (exact) mass is 1680 g/mol. The van der Waals surface area contributed by atoms with E-state index in [0.29, 0.717) is 116 Å². The highest BCUT2D eigenvalue weighted by Gasteiger charge is 2.33. The van der Waals surface area contributed by atoms with E-state index in [-0.39, 0.29) is 67.2 Å². The maximum absolute atomic E-state index is 14.6. The van der Waals surface area contributed by atoms with Crippen LogP contribution in [0.3, 0.4) is 0 Å². The van der Waals surface area contributed by atoms with Gasteiger partial charge in [0, 0.05) is 49.2 Å². The summed E-state index contributed by atoms with van der Waals surface area (Å²) in [5.74, 6) is -5.72. The summed E-state index contributed by atoms with van der Waals surface area (Å²) in [5.41, 5.74) is 41.8. The van der Waals surface area contributed by atoms with E-state index in [2.05, 4.69) is 91.3 Å². The molecule has 0 heterocycles. The molecule has 116 heavy (non-hydrogen) atoms. The normalized spacial score (nSPS) is 14.1. The Labute approximate surface area is 706 Å². The Morgan fingerprint density at radius 1 is 0.302 bits per heavy atom. The molecule has 26 N–H and O–H groups in total. The number of amides is 10. The first kappa shape index (κ1) is 111. The van der Waals surface area contributed by atoms with E-state index in [4.69, 9.17) is 40.1 Å². The third kappa shape index (κ3) is 62.6. The molecule has 31 heteroatoms. The van der Waals surface area contributed by atoms with Crippen LogP contribution >= 0.6 is 23.5 Å². The van der Waals surface area contributed by atoms with Crippen molar-refractivity contribution in [3.05, 3.63) is 24.3 Å². The SMILES string of the molecule is CCCCCCCC/C=C/CCCCCCCCNC(=O)CC(O)NC(=O)C(CSCCSCC(NC(=O)C(CCCCNC(=O)C(N)CCCN)NC(=O)C(N)CCCCN)C(=O)NC(CO)C(=O)NCCCCCCCC/C=C/CCCCCCCC)NC(=O)C(CCCCNC(=O)C(N)CCCC)NC(=O)C(N)CCCCN. The van der Waals surface area contributed by atoms with Gasteiger partial charge in [-0.15, -0.1) is 0 Å². The molecule has 0 aromatic heterocycles. The first-order chi connectivity index (χ1) is 56.1. The van der Waals surface area contributed by atoms with Crippen LogP contribution in [0.2, 0.25) is 0 Å². The molecule has 0 aliphatic heterocycles. The molecule has 0 spiro atoms. The van der Waals surface area contributed by atoms with Crippen LogP contribution in [0, 0.1) is 0 Å². The lowest BCUT2D eigenvalue weighted by Crippen LogP contribution is -2.59. The average molecular weight is 1680 g/mol. The van der Waals surface area contributed by atoms with Crippen LogP contribution in [0.15, 0.2) is 24.3 Å². The van der Waals surface area contributed by atoms with Gasteiger partial charge >= 0.3 is 0 Å². The number of hydrogen-bond acceptors (Lipinski definition) is 21. The van der Waals surface area contributed by atoms with Gasteiger partial charge in [-0.2, -0.15) is 23.5 Å². The van der Waals surface area contributed by atoms with E-state index in [9.17, 15) is 58.2 Å². The fraction of sp³-hybridized carbons (Fsp3) is 0.835. The van der Waals surface area contributed by atoms with Crippen molar-refractivity contribution in [1.29, 1.82) is 0 Å². The van der Waals surface area contributed by atoms with Crippen LogP contribution in [-0.2, 0) is 47.9 Å². The van der Waals surface area contributed by atoms with Crippen molar-refractivity contribution in [2.45, 2.75) is 377 Å². The van der Waals surface area contributed by atoms with Gasteiger partial charge in [0.05, 0.1) is 37.2 Å². The number of thioether (sulfide) groups is 2. The number of rotatable bonds is 81. The Bertz CT molecular complexity index is 2610. The first-order valence-electron chi connectivity index (χ1n) is 44.9. The van der Waals surface area contributed by atoms with Crippen molar-refractivity contribution in [3.63, 3.8) is 0 Å². The topological polar surface area (TPSA) is 514 Å². The Morgan fingerprint density at radius 2 is 0.595 bits per heavy atom. The second-order valence-electron chi connectivity index (χ2n) is 31.0. The summed E-state index contributed by atoms with van der Waals surface area (Å²) in [6.07, 6.45) is 46.5. The van der Waals surface area contributed by atoms with Crippen molar-refractivity contribution in [2.75, 3.05) is 75.4 Å². The summed E-state index contributed by atoms with van der Waals surface area (Å²) < 4.78 is 0. The summed E-state index contributed by atoms with van der Waals surface area (Å²) in [6.45, 7) is 8.04. The zero-order valence-corrected chi connectivity index (χ0v) is 73.6. The van der Waals surface area contributed by atoms with Crippen molar-refractivity contribution < 1.29 is 58.2 Å². The molecule has 29 nitrogen and oxygen atoms in total. The Morgan fingerprint density at radius 3 is 0.983 bits per heavy atom. The Hall–Kier alpha value is -5.48. The number of aliphatic hydroxyl groups is 2. The minimum atomic E-state index is -1.65. The molecule has 0 bridgehead atoms. The molecule has 0 saturated carbocycles. The molecule has 0 radical (unpaired) electrons. The predicted molar refractivity (Wildman–Crippen MR) is 474 cm³/mol. The summed E-state index contributed by atoms with van der Waals surface area (Å²) >= 11 is 2.45. The van der Waals surface area contributed by atoms with Gasteiger partial charge < -0.3 is 104 Å². The minimum Gasteiger partial charge on any atom is -0.394 e. The summed E-state index contributed by atoms with van der Waals surface area (Å²) in [5, 5.41) is 49.2. The molecular formula is C85H165N17O12S2. The van der Waals surface area contributed by atoms with Crippen LogP contribution in [-0.4, -0.2) is 205 Å². The highest BCUT2D eigenvalue weighted by atomic mass is 32.2. The lowest BCUT2D eigenvalue weighted by molar-refractivity contribution is -0.134. The van der Waals surface area contributed by atoms with Gasteiger partial charge in [-0.05, 0) is 167 Å². The molecule has 0 rings (SSSR count). The molecule has 10 unspecified atom stereocenters. The van der Waals surface area contributed by atoms with Crippen LogP contribution < -0.4 is 93.3 Å². The number of hydrogen-bond donors (Lipinski definition) is 19.